The Kier molecular flexibility index (Phi) is 10.9. The Morgan fingerprint density at radius 3 is 2.30 bits per heavy atom. The lowest BCUT2D eigenvalue weighted by Crippen LogP contribution is -2.45. The maximum absolute atomic E-state index is 12.8. The van der Waals surface area contributed by atoms with E-state index in [0.29, 0.717) is 17.3 Å². The molecular weight excluding hydrogens is 616 g/mol. The lowest BCUT2D eigenvalue weighted by atomic mass is 9.94. The molecule has 0 spiro atoms. The zero-order valence-corrected chi connectivity index (χ0v) is 25.7. The van der Waals surface area contributed by atoms with Crippen LogP contribution < -0.4 is 0 Å². The fourth-order valence-corrected chi connectivity index (χ4v) is 5.77. The summed E-state index contributed by atoms with van der Waals surface area (Å²) in [5.74, 6) is -2.25. The average molecular weight is 651 g/mol. The zero-order valence-electron chi connectivity index (χ0n) is 24.9. The number of allylic oxidation sites excluding steroid dienone is 2. The Morgan fingerprint density at radius 2 is 1.67 bits per heavy atom. The number of aromatic hydroxyl groups is 2. The standard InChI is InChI=1S/C32H34N4O9S/c1-34-16-8-6-11-26(34)32(23-9-3-4-12-27(23)37)35(20-29(39)40)17-18-36(21-30(41)45-2)31(25-10-5-7-15-33-25)24-19-22(46(42,43)44)13-14-28(24)38/h3-16,19,31-32,37-38H,1,17-18,20-21H2,2H3,(H,39,40)(H,42,43,44)/t31-,32?/m0/s1. The van der Waals surface area contributed by atoms with E-state index in [1.54, 1.807) is 75.2 Å². The largest absolute Gasteiger partial charge is 0.508 e. The van der Waals surface area contributed by atoms with Crippen LogP contribution >= 0.6 is 0 Å². The second-order valence-electron chi connectivity index (χ2n) is 10.3. The number of benzene rings is 2. The molecule has 242 valence electrons. The van der Waals surface area contributed by atoms with Crippen molar-refractivity contribution in [1.82, 2.24) is 14.8 Å². The maximum Gasteiger partial charge on any atom is 0.319 e. The van der Waals surface area contributed by atoms with Crippen LogP contribution in [-0.2, 0) is 24.4 Å². The fourth-order valence-electron chi connectivity index (χ4n) is 5.25. The van der Waals surface area contributed by atoms with E-state index >= 15 is 0 Å². The molecule has 3 aromatic rings. The van der Waals surface area contributed by atoms with Crippen molar-refractivity contribution >= 4 is 28.8 Å². The topological polar surface area (TPSA) is 181 Å². The number of pyridine rings is 1. The van der Waals surface area contributed by atoms with Gasteiger partial charge in [-0.05, 0) is 36.4 Å². The van der Waals surface area contributed by atoms with Gasteiger partial charge in [0.25, 0.3) is 10.1 Å². The first-order chi connectivity index (χ1) is 21.9. The minimum absolute atomic E-state index is 0.0124. The van der Waals surface area contributed by atoms with Crippen molar-refractivity contribution < 1.29 is 47.2 Å². The zero-order chi connectivity index (χ0) is 33.4. The van der Waals surface area contributed by atoms with E-state index in [1.165, 1.54) is 19.4 Å². The summed E-state index contributed by atoms with van der Waals surface area (Å²) in [4.78, 5) is 32.0. The second-order valence-corrected chi connectivity index (χ2v) is 11.7. The Morgan fingerprint density at radius 1 is 0.978 bits per heavy atom. The van der Waals surface area contributed by atoms with Gasteiger partial charge in [-0.3, -0.25) is 33.5 Å². The predicted octanol–water partition coefficient (Wildman–Crippen LogP) is 2.76. The average Bonchev–Trinajstić information content (AvgIpc) is 3.02. The first-order valence-corrected chi connectivity index (χ1v) is 15.4. The first kappa shape index (κ1) is 33.9. The third-order valence-corrected chi connectivity index (χ3v) is 8.20. The van der Waals surface area contributed by atoms with Crippen molar-refractivity contribution in [2.45, 2.75) is 17.0 Å². The second kappa shape index (κ2) is 14.8. The van der Waals surface area contributed by atoms with Gasteiger partial charge in [-0.2, -0.15) is 8.42 Å². The molecule has 0 amide bonds. The molecule has 0 aliphatic carbocycles. The smallest absolute Gasteiger partial charge is 0.319 e. The summed E-state index contributed by atoms with van der Waals surface area (Å²) in [6.45, 7) is 3.09. The van der Waals surface area contributed by atoms with Crippen LogP contribution in [0.25, 0.3) is 0 Å². The third kappa shape index (κ3) is 8.17. The number of aliphatic carboxylic acids is 1. The summed E-state index contributed by atoms with van der Waals surface area (Å²) in [6, 6.07) is 13.4. The van der Waals surface area contributed by atoms with Gasteiger partial charge in [0, 0.05) is 30.4 Å². The van der Waals surface area contributed by atoms with Gasteiger partial charge < -0.3 is 20.1 Å². The molecule has 0 saturated heterocycles. The number of methoxy groups -OCH3 is 1. The monoisotopic (exact) mass is 650 g/mol. The number of hydrogen-bond acceptors (Lipinski definition) is 10. The number of ether oxygens (including phenoxy) is 1. The molecule has 1 aliphatic rings. The molecule has 13 nitrogen and oxygen atoms in total. The number of rotatable bonds is 14. The molecule has 1 unspecified atom stereocenters. The quantitative estimate of drug-likeness (QED) is 0.0869. The number of carboxylic acid groups (broad SMARTS) is 1. The van der Waals surface area contributed by atoms with E-state index in [4.69, 9.17) is 4.74 Å². The van der Waals surface area contributed by atoms with Gasteiger partial charge in [-0.1, -0.05) is 36.4 Å². The highest BCUT2D eigenvalue weighted by molar-refractivity contribution is 7.85. The molecule has 4 N–H and O–H groups in total. The Bertz CT molecular complexity index is 1750. The van der Waals surface area contributed by atoms with Crippen LogP contribution in [0.4, 0.5) is 0 Å². The van der Waals surface area contributed by atoms with E-state index in [-0.39, 0.29) is 36.7 Å². The lowest BCUT2D eigenvalue weighted by molar-refractivity contribution is -0.435. The summed E-state index contributed by atoms with van der Waals surface area (Å²) in [5.41, 5.74) is 0.736. The molecule has 46 heavy (non-hydrogen) atoms. The summed E-state index contributed by atoms with van der Waals surface area (Å²) in [6.07, 6.45) is 8.43. The number of hydrogen-bond donors (Lipinski definition) is 4. The van der Waals surface area contributed by atoms with Crippen LogP contribution in [0.1, 0.15) is 28.9 Å². The molecule has 0 radical (unpaired) electrons. The van der Waals surface area contributed by atoms with Crippen LogP contribution in [0.5, 0.6) is 11.5 Å². The van der Waals surface area contributed by atoms with E-state index in [9.17, 15) is 37.9 Å². The molecule has 0 saturated carbocycles. The van der Waals surface area contributed by atoms with Gasteiger partial charge in [0.15, 0.2) is 0 Å². The number of carbonyl (C=O) groups excluding carboxylic acids is 1. The Labute approximate surface area is 266 Å². The molecule has 2 aromatic carbocycles. The van der Waals surface area contributed by atoms with Crippen molar-refractivity contribution in [2.75, 3.05) is 33.3 Å². The molecule has 1 aliphatic heterocycles. The number of phenolic OH excluding ortho intramolecular Hbond substituents is 2. The number of nitrogens with zero attached hydrogens (tertiary/aromatic N) is 4. The number of esters is 1. The van der Waals surface area contributed by atoms with Crippen molar-refractivity contribution in [3.63, 3.8) is 0 Å². The first-order valence-electron chi connectivity index (χ1n) is 14.0. The van der Waals surface area contributed by atoms with Gasteiger partial charge in [0.05, 0.1) is 55.8 Å². The number of carboxylic acids is 1. The van der Waals surface area contributed by atoms with E-state index in [2.05, 4.69) is 11.7 Å². The lowest BCUT2D eigenvalue weighted by Gasteiger charge is -2.38. The fraction of sp³-hybridized carbons (Fsp3) is 0.219. The summed E-state index contributed by atoms with van der Waals surface area (Å²) >= 11 is 0. The maximum atomic E-state index is 12.8. The van der Waals surface area contributed by atoms with Gasteiger partial charge in [0.2, 0.25) is 0 Å². The van der Waals surface area contributed by atoms with E-state index in [1.807, 2.05) is 0 Å². The Balaban J connectivity index is 1.83. The number of aromatic nitrogens is 1. The minimum Gasteiger partial charge on any atom is -0.508 e. The van der Waals surface area contributed by atoms with Gasteiger partial charge in [-0.25, -0.2) is 0 Å². The number of para-hydroxylation sites is 1. The third-order valence-electron chi connectivity index (χ3n) is 7.35. The molecule has 14 heteroatoms. The van der Waals surface area contributed by atoms with E-state index < -0.39 is 45.6 Å². The predicted molar refractivity (Wildman–Crippen MR) is 167 cm³/mol. The molecule has 2 atom stereocenters. The number of carbonyl (C=O) groups is 2. The highest BCUT2D eigenvalue weighted by Crippen LogP contribution is 2.39. The van der Waals surface area contributed by atoms with Crippen LogP contribution in [0.15, 0.2) is 96.2 Å². The van der Waals surface area contributed by atoms with Crippen molar-refractivity contribution in [3.8, 4) is 11.5 Å². The molecule has 4 rings (SSSR count). The summed E-state index contributed by atoms with van der Waals surface area (Å²) in [5, 5.41) is 31.8. The van der Waals surface area contributed by atoms with Crippen LogP contribution in [0.3, 0.4) is 0 Å². The van der Waals surface area contributed by atoms with Crippen LogP contribution in [0.2, 0.25) is 0 Å². The molecule has 0 bridgehead atoms. The molecule has 1 aromatic heterocycles. The van der Waals surface area contributed by atoms with Gasteiger partial charge in [0.1, 0.15) is 17.5 Å². The highest BCUT2D eigenvalue weighted by Gasteiger charge is 2.36. The summed E-state index contributed by atoms with van der Waals surface area (Å²) in [7, 11) is -3.48. The number of phenols is 2. The van der Waals surface area contributed by atoms with Gasteiger partial charge in [-0.15, -0.1) is 6.08 Å². The van der Waals surface area contributed by atoms with Crippen molar-refractivity contribution in [3.05, 3.63) is 114 Å². The highest BCUT2D eigenvalue weighted by atomic mass is 32.2. The summed E-state index contributed by atoms with van der Waals surface area (Å²) < 4.78 is 40.4. The van der Waals surface area contributed by atoms with Crippen molar-refractivity contribution in [1.29, 1.82) is 0 Å². The SMILES string of the molecule is C=[N+]1C=CC=C[C-]1C(c1ccccc1O)N(CCN(CC(=O)OC)[C@H](c1ccccn1)c1cc(S(=O)(=O)O)ccc1O)CC(=O)O. The van der Waals surface area contributed by atoms with Gasteiger partial charge >= 0.3 is 11.9 Å². The van der Waals surface area contributed by atoms with Crippen LogP contribution in [-0.4, -0.2) is 99.6 Å². The normalized spacial score (nSPS) is 14.4. The molecule has 2 heterocycles. The van der Waals surface area contributed by atoms with E-state index in [0.717, 1.165) is 18.2 Å². The van der Waals surface area contributed by atoms with Crippen molar-refractivity contribution in [2.24, 2.45) is 0 Å². The molecular formula is C32H34N4O9S. The van der Waals surface area contributed by atoms with Crippen LogP contribution in [0, 0.1) is 6.04 Å². The minimum atomic E-state index is -4.68. The molecule has 0 fully saturated rings. The Hall–Kier alpha value is -5.02.